The van der Waals surface area contributed by atoms with Crippen LogP contribution in [-0.2, 0) is 7.05 Å². The van der Waals surface area contributed by atoms with Crippen molar-refractivity contribution in [3.63, 3.8) is 0 Å². The number of nitrogens with one attached hydrogen (secondary N) is 1. The van der Waals surface area contributed by atoms with E-state index in [9.17, 15) is 4.79 Å². The Labute approximate surface area is 169 Å². The van der Waals surface area contributed by atoms with Crippen molar-refractivity contribution in [2.24, 2.45) is 7.05 Å². The molecule has 0 unspecified atom stereocenters. The van der Waals surface area contributed by atoms with Gasteiger partial charge in [-0.05, 0) is 26.0 Å². The second-order valence-corrected chi connectivity index (χ2v) is 7.09. The predicted octanol–water partition coefficient (Wildman–Crippen LogP) is 4.19. The van der Waals surface area contributed by atoms with Gasteiger partial charge in [0.05, 0.1) is 38.1 Å². The summed E-state index contributed by atoms with van der Waals surface area (Å²) in [5.74, 6) is -0.215. The molecule has 142 valence electrons. The minimum absolute atomic E-state index is 0.203. The molecule has 0 aliphatic heterocycles. The van der Waals surface area contributed by atoms with E-state index in [2.05, 4.69) is 25.5 Å². The van der Waals surface area contributed by atoms with Crippen molar-refractivity contribution in [1.82, 2.24) is 24.9 Å². The molecule has 4 aromatic rings. The van der Waals surface area contributed by atoms with E-state index in [1.165, 1.54) is 12.3 Å². The Morgan fingerprint density at radius 3 is 2.68 bits per heavy atom. The lowest BCUT2D eigenvalue weighted by molar-refractivity contribution is 0.102. The van der Waals surface area contributed by atoms with Gasteiger partial charge in [0, 0.05) is 25.0 Å². The average Bonchev–Trinajstić information content (AvgIpc) is 3.18. The van der Waals surface area contributed by atoms with Gasteiger partial charge in [-0.25, -0.2) is 9.97 Å². The fraction of sp³-hybridized carbons (Fsp3) is 0.167. The zero-order chi connectivity index (χ0) is 20.0. The highest BCUT2D eigenvalue weighted by Gasteiger charge is 2.21. The van der Waals surface area contributed by atoms with Crippen molar-refractivity contribution < 1.29 is 9.32 Å². The van der Waals surface area contributed by atoms with E-state index in [1.54, 1.807) is 17.7 Å². The van der Waals surface area contributed by atoms with Crippen LogP contribution in [0.2, 0.25) is 10.0 Å². The van der Waals surface area contributed by atoms with Gasteiger partial charge in [0.2, 0.25) is 0 Å². The summed E-state index contributed by atoms with van der Waals surface area (Å²) in [5, 5.41) is 12.1. The Hall–Kier alpha value is -2.97. The lowest BCUT2D eigenvalue weighted by Crippen LogP contribution is -2.14. The monoisotopic (exact) mass is 416 g/mol. The van der Waals surface area contributed by atoms with Crippen molar-refractivity contribution >= 4 is 46.0 Å². The third-order valence-electron chi connectivity index (χ3n) is 4.19. The maximum atomic E-state index is 13.0. The number of amides is 1. The molecular weight excluding hydrogens is 403 g/mol. The minimum Gasteiger partial charge on any atom is -0.335 e. The maximum absolute atomic E-state index is 13.0. The molecule has 10 heteroatoms. The van der Waals surface area contributed by atoms with Gasteiger partial charge in [0.1, 0.15) is 0 Å². The first-order valence-electron chi connectivity index (χ1n) is 8.23. The van der Waals surface area contributed by atoms with Crippen molar-refractivity contribution in [2.75, 3.05) is 5.32 Å². The van der Waals surface area contributed by atoms with Crippen molar-refractivity contribution in [1.29, 1.82) is 0 Å². The molecule has 1 amide bonds. The first-order valence-corrected chi connectivity index (χ1v) is 8.99. The van der Waals surface area contributed by atoms with E-state index in [0.717, 1.165) is 11.3 Å². The predicted molar refractivity (Wildman–Crippen MR) is 106 cm³/mol. The molecule has 4 rings (SSSR count). The highest BCUT2D eigenvalue weighted by atomic mass is 35.5. The average molecular weight is 417 g/mol. The molecule has 0 saturated carbocycles. The molecule has 4 aromatic heterocycles. The number of anilines is 1. The third-order valence-corrected chi connectivity index (χ3v) is 4.69. The Balaban J connectivity index is 1.83. The van der Waals surface area contributed by atoms with Gasteiger partial charge in [-0.15, -0.1) is 0 Å². The number of nitrogens with zero attached hydrogens (tertiary/aromatic N) is 5. The normalized spacial score (nSPS) is 11.2. The number of carbonyl (C=O) groups is 1. The molecule has 1 N–H and O–H groups in total. The number of aryl methyl sites for hydroxylation is 3. The molecule has 0 saturated heterocycles. The van der Waals surface area contributed by atoms with E-state index in [4.69, 9.17) is 27.7 Å². The van der Waals surface area contributed by atoms with Gasteiger partial charge in [0.15, 0.2) is 5.82 Å². The Morgan fingerprint density at radius 2 is 2.00 bits per heavy atom. The number of halogens is 2. The molecule has 8 nitrogen and oxygen atoms in total. The fourth-order valence-electron chi connectivity index (χ4n) is 2.94. The molecule has 0 aliphatic rings. The first-order chi connectivity index (χ1) is 13.3. The van der Waals surface area contributed by atoms with Crippen molar-refractivity contribution in [3.8, 4) is 11.3 Å². The van der Waals surface area contributed by atoms with Crippen LogP contribution in [0.25, 0.3) is 22.4 Å². The van der Waals surface area contributed by atoms with E-state index < -0.39 is 5.91 Å². The van der Waals surface area contributed by atoms with E-state index in [1.807, 2.05) is 20.2 Å². The number of pyridine rings is 2. The summed E-state index contributed by atoms with van der Waals surface area (Å²) in [4.78, 5) is 21.6. The van der Waals surface area contributed by atoms with Gasteiger partial charge in [-0.2, -0.15) is 5.10 Å². The van der Waals surface area contributed by atoms with Crippen LogP contribution in [0.5, 0.6) is 0 Å². The molecule has 0 radical (unpaired) electrons. The SMILES string of the molecule is Cc1nn(C)cc1-c1cc(C(=O)Nc2ncc(Cl)cc2Cl)c2c(C)noc2n1. The summed E-state index contributed by atoms with van der Waals surface area (Å²) in [6.45, 7) is 3.61. The Bertz CT molecular complexity index is 1230. The molecular formula is C18H14Cl2N6O2. The summed E-state index contributed by atoms with van der Waals surface area (Å²) in [6, 6.07) is 3.18. The lowest BCUT2D eigenvalue weighted by atomic mass is 10.1. The van der Waals surface area contributed by atoms with Crippen molar-refractivity contribution in [2.45, 2.75) is 13.8 Å². The van der Waals surface area contributed by atoms with Crippen LogP contribution in [0, 0.1) is 13.8 Å². The Morgan fingerprint density at radius 1 is 1.21 bits per heavy atom. The Kier molecular flexibility index (Phi) is 4.52. The van der Waals surface area contributed by atoms with Crippen LogP contribution in [0.3, 0.4) is 0 Å². The number of aromatic nitrogens is 5. The second-order valence-electron chi connectivity index (χ2n) is 6.24. The second kappa shape index (κ2) is 6.88. The summed E-state index contributed by atoms with van der Waals surface area (Å²) < 4.78 is 6.99. The van der Waals surface area contributed by atoms with Crippen LogP contribution in [0.15, 0.2) is 29.0 Å². The number of hydrogen-bond acceptors (Lipinski definition) is 6. The first kappa shape index (κ1) is 18.4. The highest BCUT2D eigenvalue weighted by Crippen LogP contribution is 2.30. The van der Waals surface area contributed by atoms with Crippen LogP contribution in [0.4, 0.5) is 5.82 Å². The van der Waals surface area contributed by atoms with Crippen molar-refractivity contribution in [3.05, 3.63) is 51.5 Å². The largest absolute Gasteiger partial charge is 0.335 e. The molecule has 0 fully saturated rings. The summed E-state index contributed by atoms with van der Waals surface area (Å²) in [7, 11) is 1.81. The van der Waals surface area contributed by atoms with E-state index in [-0.39, 0.29) is 16.6 Å². The number of rotatable bonds is 3. The fourth-order valence-corrected chi connectivity index (χ4v) is 3.37. The molecule has 0 spiro atoms. The zero-order valence-electron chi connectivity index (χ0n) is 15.1. The van der Waals surface area contributed by atoms with Crippen LogP contribution in [-0.4, -0.2) is 30.8 Å². The minimum atomic E-state index is -0.418. The number of fused-ring (bicyclic) bond motifs is 1. The van der Waals surface area contributed by atoms with Gasteiger partial charge in [-0.3, -0.25) is 9.48 Å². The van der Waals surface area contributed by atoms with Gasteiger partial charge >= 0.3 is 0 Å². The van der Waals surface area contributed by atoms with Crippen LogP contribution >= 0.6 is 23.2 Å². The summed E-state index contributed by atoms with van der Waals surface area (Å²) in [6.07, 6.45) is 3.23. The molecule has 0 bridgehead atoms. The standard InChI is InChI=1S/C18H14Cl2N6O2/c1-8-12(7-26(3)24-8)14-5-11(15-9(2)25-28-18(15)22-14)17(27)23-16-13(20)4-10(19)6-21-16/h4-7H,1-3H3,(H,21,23,27). The quantitative estimate of drug-likeness (QED) is 0.537. The maximum Gasteiger partial charge on any atom is 0.259 e. The van der Waals surface area contributed by atoms with Gasteiger partial charge in [-0.1, -0.05) is 28.4 Å². The lowest BCUT2D eigenvalue weighted by Gasteiger charge is -2.09. The van der Waals surface area contributed by atoms with Crippen LogP contribution < -0.4 is 5.32 Å². The zero-order valence-corrected chi connectivity index (χ0v) is 16.6. The molecule has 0 aliphatic carbocycles. The summed E-state index contributed by atoms with van der Waals surface area (Å²) in [5.41, 5.74) is 3.27. The smallest absolute Gasteiger partial charge is 0.259 e. The summed E-state index contributed by atoms with van der Waals surface area (Å²) >= 11 is 12.0. The topological polar surface area (TPSA) is 98.7 Å². The van der Waals surface area contributed by atoms with E-state index >= 15 is 0 Å². The molecule has 4 heterocycles. The molecule has 28 heavy (non-hydrogen) atoms. The highest BCUT2D eigenvalue weighted by molar-refractivity contribution is 6.36. The molecule has 0 atom stereocenters. The van der Waals surface area contributed by atoms with Gasteiger partial charge < -0.3 is 9.84 Å². The number of carbonyl (C=O) groups excluding carboxylic acids is 1. The van der Waals surface area contributed by atoms with Gasteiger partial charge in [0.25, 0.3) is 11.6 Å². The molecule has 0 aromatic carbocycles. The third kappa shape index (κ3) is 3.21. The number of hydrogen-bond donors (Lipinski definition) is 1. The van der Waals surface area contributed by atoms with E-state index in [0.29, 0.717) is 27.4 Å². The van der Waals surface area contributed by atoms with Crippen LogP contribution in [0.1, 0.15) is 21.7 Å².